The van der Waals surface area contributed by atoms with E-state index < -0.39 is 23.6 Å². The predicted octanol–water partition coefficient (Wildman–Crippen LogP) is 2.77. The van der Waals surface area contributed by atoms with E-state index in [1.165, 1.54) is 21.1 Å². The lowest BCUT2D eigenvalue weighted by Crippen LogP contribution is -2.48. The van der Waals surface area contributed by atoms with Crippen LogP contribution in [0.2, 0.25) is 0 Å². The zero-order valence-corrected chi connectivity index (χ0v) is 16.2. The largest absolute Gasteiger partial charge is 0.493 e. The fraction of sp³-hybridized carbons (Fsp3) is 0.222. The van der Waals surface area contributed by atoms with E-state index in [4.69, 9.17) is 26.4 Å². The van der Waals surface area contributed by atoms with Gasteiger partial charge in [0.1, 0.15) is 5.82 Å². The first kappa shape index (κ1) is 21.2. The topological polar surface area (TPSA) is 80.9 Å². The number of carbonyl (C=O) groups excluding carboxylic acids is 1. The van der Waals surface area contributed by atoms with Crippen LogP contribution in [-0.2, 0) is 4.79 Å². The van der Waals surface area contributed by atoms with Gasteiger partial charge in [0.05, 0.1) is 14.2 Å². The molecule has 1 amide bonds. The molecule has 0 radical (unpaired) electrons. The van der Waals surface area contributed by atoms with Crippen LogP contribution in [0.5, 0.6) is 17.2 Å². The summed E-state index contributed by atoms with van der Waals surface area (Å²) in [7, 11) is 3.03. The zero-order chi connectivity index (χ0) is 20.7. The molecule has 10 heteroatoms. The molecule has 0 aliphatic carbocycles. The number of methoxy groups -OCH3 is 2. The highest BCUT2D eigenvalue weighted by molar-refractivity contribution is 7.80. The van der Waals surface area contributed by atoms with Gasteiger partial charge in [-0.15, -0.1) is 0 Å². The van der Waals surface area contributed by atoms with Gasteiger partial charge in [0, 0.05) is 17.8 Å². The molecule has 2 aromatic carbocycles. The Kier molecular flexibility index (Phi) is 7.33. The first-order chi connectivity index (χ1) is 13.3. The normalized spacial score (nSPS) is 11.2. The van der Waals surface area contributed by atoms with Crippen molar-refractivity contribution in [2.45, 2.75) is 13.0 Å². The van der Waals surface area contributed by atoms with Gasteiger partial charge in [-0.2, -0.15) is 0 Å². The number of carbonyl (C=O) groups is 1. The molecule has 0 spiro atoms. The number of anilines is 1. The SMILES string of the molecule is COc1ccc(NC(=S)NNC(=O)[C@H](C)Oc2ccc(F)cc2F)cc1OC. The van der Waals surface area contributed by atoms with Crippen LogP contribution in [0.1, 0.15) is 6.92 Å². The Morgan fingerprint density at radius 2 is 1.68 bits per heavy atom. The quantitative estimate of drug-likeness (QED) is 0.498. The third-order valence-electron chi connectivity index (χ3n) is 3.51. The van der Waals surface area contributed by atoms with Crippen LogP contribution in [0.4, 0.5) is 14.5 Å². The third kappa shape index (κ3) is 5.68. The molecule has 2 rings (SSSR count). The van der Waals surface area contributed by atoms with Crippen LogP contribution in [0.15, 0.2) is 36.4 Å². The van der Waals surface area contributed by atoms with E-state index in [0.29, 0.717) is 23.3 Å². The molecule has 0 aliphatic heterocycles. The summed E-state index contributed by atoms with van der Waals surface area (Å²) in [5.74, 6) is -1.44. The van der Waals surface area contributed by atoms with E-state index in [0.717, 1.165) is 12.1 Å². The molecule has 0 aromatic heterocycles. The number of halogens is 2. The second kappa shape index (κ2) is 9.70. The molecule has 0 saturated heterocycles. The van der Waals surface area contributed by atoms with E-state index in [-0.39, 0.29) is 10.9 Å². The molecule has 2 aromatic rings. The van der Waals surface area contributed by atoms with Gasteiger partial charge < -0.3 is 19.5 Å². The molecule has 28 heavy (non-hydrogen) atoms. The maximum atomic E-state index is 13.6. The van der Waals surface area contributed by atoms with Crippen molar-refractivity contribution in [3.8, 4) is 17.2 Å². The minimum Gasteiger partial charge on any atom is -0.493 e. The monoisotopic (exact) mass is 411 g/mol. The second-order valence-corrected chi connectivity index (χ2v) is 5.88. The van der Waals surface area contributed by atoms with Gasteiger partial charge in [-0.3, -0.25) is 15.6 Å². The molecule has 0 aliphatic rings. The van der Waals surface area contributed by atoms with Crippen LogP contribution in [0.25, 0.3) is 0 Å². The van der Waals surface area contributed by atoms with Crippen molar-refractivity contribution in [3.63, 3.8) is 0 Å². The highest BCUT2D eigenvalue weighted by Gasteiger charge is 2.17. The van der Waals surface area contributed by atoms with E-state index in [1.807, 2.05) is 0 Å². The molecular weight excluding hydrogens is 392 g/mol. The second-order valence-electron chi connectivity index (χ2n) is 5.47. The molecule has 0 saturated carbocycles. The predicted molar refractivity (Wildman–Crippen MR) is 103 cm³/mol. The van der Waals surface area contributed by atoms with Gasteiger partial charge in [0.25, 0.3) is 5.91 Å². The lowest BCUT2D eigenvalue weighted by molar-refractivity contribution is -0.127. The number of hydrogen-bond donors (Lipinski definition) is 3. The molecule has 150 valence electrons. The van der Waals surface area contributed by atoms with Crippen LogP contribution in [-0.4, -0.2) is 31.3 Å². The molecule has 0 heterocycles. The summed E-state index contributed by atoms with van der Waals surface area (Å²) >= 11 is 5.10. The minimum absolute atomic E-state index is 0.0979. The number of nitrogens with one attached hydrogen (secondary N) is 3. The molecule has 1 atom stereocenters. The first-order valence-corrected chi connectivity index (χ1v) is 8.45. The summed E-state index contributed by atoms with van der Waals surface area (Å²) in [5.41, 5.74) is 5.44. The Morgan fingerprint density at radius 3 is 2.32 bits per heavy atom. The van der Waals surface area contributed by atoms with Gasteiger partial charge in [-0.05, 0) is 43.4 Å². The van der Waals surface area contributed by atoms with Crippen molar-refractivity contribution in [2.24, 2.45) is 0 Å². The number of rotatable bonds is 6. The molecule has 0 unspecified atom stereocenters. The van der Waals surface area contributed by atoms with E-state index in [9.17, 15) is 13.6 Å². The van der Waals surface area contributed by atoms with Crippen molar-refractivity contribution in [1.82, 2.24) is 10.9 Å². The standard InChI is InChI=1S/C18H19F2N3O4S/c1-10(27-14-6-4-11(19)8-13(14)20)17(24)22-23-18(28)21-12-5-7-15(25-2)16(9-12)26-3/h4-10H,1-3H3,(H,22,24)(H2,21,23,28)/t10-/m0/s1. The van der Waals surface area contributed by atoms with Crippen molar-refractivity contribution in [2.75, 3.05) is 19.5 Å². The van der Waals surface area contributed by atoms with E-state index >= 15 is 0 Å². The Morgan fingerprint density at radius 1 is 1.00 bits per heavy atom. The average molecular weight is 411 g/mol. The van der Waals surface area contributed by atoms with Gasteiger partial charge in [-0.1, -0.05) is 0 Å². The maximum absolute atomic E-state index is 13.6. The minimum atomic E-state index is -1.06. The Hall–Kier alpha value is -3.14. The summed E-state index contributed by atoms with van der Waals surface area (Å²) in [6.07, 6.45) is -1.06. The first-order valence-electron chi connectivity index (χ1n) is 8.04. The fourth-order valence-corrected chi connectivity index (χ4v) is 2.28. The average Bonchev–Trinajstić information content (AvgIpc) is 2.68. The number of benzene rings is 2. The van der Waals surface area contributed by atoms with Crippen molar-refractivity contribution in [1.29, 1.82) is 0 Å². The van der Waals surface area contributed by atoms with Crippen molar-refractivity contribution < 1.29 is 27.8 Å². The molecule has 7 nitrogen and oxygen atoms in total. The number of hydrogen-bond acceptors (Lipinski definition) is 5. The molecule has 0 fully saturated rings. The van der Waals surface area contributed by atoms with Crippen LogP contribution in [0.3, 0.4) is 0 Å². The summed E-state index contributed by atoms with van der Waals surface area (Å²) in [4.78, 5) is 12.0. The van der Waals surface area contributed by atoms with E-state index in [1.54, 1.807) is 18.2 Å². The Bertz CT molecular complexity index is 867. The summed E-state index contributed by atoms with van der Waals surface area (Å²) in [6.45, 7) is 1.41. The van der Waals surface area contributed by atoms with Gasteiger partial charge in [0.2, 0.25) is 0 Å². The van der Waals surface area contributed by atoms with Crippen LogP contribution in [0, 0.1) is 11.6 Å². The lowest BCUT2D eigenvalue weighted by Gasteiger charge is -2.17. The molecular formula is C18H19F2N3O4S. The smallest absolute Gasteiger partial charge is 0.279 e. The highest BCUT2D eigenvalue weighted by atomic mass is 32.1. The summed E-state index contributed by atoms with van der Waals surface area (Å²) in [5, 5.41) is 2.95. The summed E-state index contributed by atoms with van der Waals surface area (Å²) in [6, 6.07) is 7.86. The van der Waals surface area contributed by atoms with Crippen molar-refractivity contribution >= 4 is 28.9 Å². The van der Waals surface area contributed by atoms with Gasteiger partial charge in [-0.25, -0.2) is 8.78 Å². The highest BCUT2D eigenvalue weighted by Crippen LogP contribution is 2.29. The summed E-state index contributed by atoms with van der Waals surface area (Å²) < 4.78 is 42.0. The third-order valence-corrected chi connectivity index (χ3v) is 3.71. The number of amides is 1. The van der Waals surface area contributed by atoms with Crippen LogP contribution < -0.4 is 30.4 Å². The lowest BCUT2D eigenvalue weighted by atomic mass is 10.3. The molecule has 0 bridgehead atoms. The zero-order valence-electron chi connectivity index (χ0n) is 15.3. The number of hydrazine groups is 1. The fourth-order valence-electron chi connectivity index (χ4n) is 2.11. The Balaban J connectivity index is 1.87. The van der Waals surface area contributed by atoms with Crippen LogP contribution >= 0.6 is 12.2 Å². The van der Waals surface area contributed by atoms with Gasteiger partial charge in [0.15, 0.2) is 34.3 Å². The Labute approximate surface area is 165 Å². The number of thiocarbonyl (C=S) groups is 1. The molecule has 3 N–H and O–H groups in total. The van der Waals surface area contributed by atoms with Crippen molar-refractivity contribution in [3.05, 3.63) is 48.0 Å². The van der Waals surface area contributed by atoms with Gasteiger partial charge >= 0.3 is 0 Å². The van der Waals surface area contributed by atoms with E-state index in [2.05, 4.69) is 16.2 Å². The maximum Gasteiger partial charge on any atom is 0.279 e. The number of ether oxygens (including phenoxy) is 3.